The van der Waals surface area contributed by atoms with Crippen molar-refractivity contribution in [2.75, 3.05) is 0 Å². The summed E-state index contributed by atoms with van der Waals surface area (Å²) in [6.45, 7) is 8.69. The van der Waals surface area contributed by atoms with Crippen molar-refractivity contribution in [3.63, 3.8) is 0 Å². The summed E-state index contributed by atoms with van der Waals surface area (Å²) >= 11 is 0. The second-order valence-corrected chi connectivity index (χ2v) is 6.38. The summed E-state index contributed by atoms with van der Waals surface area (Å²) in [6, 6.07) is 2.20. The van der Waals surface area contributed by atoms with E-state index in [1.165, 1.54) is 0 Å². The Morgan fingerprint density at radius 2 is 1.78 bits per heavy atom. The molecule has 0 bridgehead atoms. The molecule has 0 heterocycles. The Hall–Kier alpha value is -1.04. The molecule has 104 valence electrons. The zero-order valence-electron chi connectivity index (χ0n) is 12.3. The molecule has 3 heteroatoms. The van der Waals surface area contributed by atoms with E-state index in [2.05, 4.69) is 33.8 Å². The largest absolute Gasteiger partial charge is 0.481 e. The van der Waals surface area contributed by atoms with Crippen LogP contribution in [-0.4, -0.2) is 11.1 Å². The fourth-order valence-corrected chi connectivity index (χ4v) is 2.05. The first-order chi connectivity index (χ1) is 8.24. The molecule has 0 fully saturated rings. The van der Waals surface area contributed by atoms with Crippen LogP contribution in [0.1, 0.15) is 72.6 Å². The fourth-order valence-electron chi connectivity index (χ4n) is 2.05. The van der Waals surface area contributed by atoms with E-state index in [0.717, 1.165) is 32.1 Å². The molecule has 1 N–H and O–H groups in total. The maximum atomic E-state index is 10.7. The third kappa shape index (κ3) is 7.32. The molecule has 0 aromatic heterocycles. The maximum Gasteiger partial charge on any atom is 0.303 e. The van der Waals surface area contributed by atoms with Crippen molar-refractivity contribution in [2.24, 2.45) is 10.8 Å². The van der Waals surface area contributed by atoms with Gasteiger partial charge in [-0.1, -0.05) is 34.1 Å². The zero-order chi connectivity index (χ0) is 14.2. The summed E-state index contributed by atoms with van der Waals surface area (Å²) in [5.74, 6) is -0.710. The molecule has 0 aliphatic rings. The van der Waals surface area contributed by atoms with Gasteiger partial charge < -0.3 is 5.11 Å². The molecule has 0 spiro atoms. The smallest absolute Gasteiger partial charge is 0.303 e. The normalized spacial score (nSPS) is 14.8. The first-order valence-corrected chi connectivity index (χ1v) is 6.83. The van der Waals surface area contributed by atoms with Crippen LogP contribution < -0.4 is 0 Å². The molecule has 0 saturated heterocycles. The first-order valence-electron chi connectivity index (χ1n) is 6.83. The zero-order valence-corrected chi connectivity index (χ0v) is 12.3. The standard InChI is InChI=1S/C15H27NO2/c1-5-15(4,9-7-13(17)18)11-10-14(2,3)8-6-12-16/h5-11H2,1-4H3,(H,17,18). The van der Waals surface area contributed by atoms with Gasteiger partial charge in [0.1, 0.15) is 0 Å². The Labute approximate surface area is 111 Å². The average molecular weight is 253 g/mol. The first kappa shape index (κ1) is 17.0. The number of carboxylic acids is 1. The molecular formula is C15H27NO2. The molecule has 0 aromatic carbocycles. The molecule has 0 amide bonds. The van der Waals surface area contributed by atoms with Gasteiger partial charge in [-0.25, -0.2) is 0 Å². The average Bonchev–Trinajstić information content (AvgIpc) is 2.32. The molecule has 18 heavy (non-hydrogen) atoms. The quantitative estimate of drug-likeness (QED) is 0.663. The van der Waals surface area contributed by atoms with E-state index in [1.54, 1.807) is 0 Å². The Bertz CT molecular complexity index is 304. The Kier molecular flexibility index (Phi) is 6.98. The number of carbonyl (C=O) groups is 1. The second-order valence-electron chi connectivity index (χ2n) is 6.38. The Morgan fingerprint density at radius 1 is 1.17 bits per heavy atom. The highest BCUT2D eigenvalue weighted by Crippen LogP contribution is 2.38. The summed E-state index contributed by atoms with van der Waals surface area (Å²) in [6.07, 6.45) is 5.62. The minimum atomic E-state index is -0.710. The highest BCUT2D eigenvalue weighted by atomic mass is 16.4. The molecule has 1 unspecified atom stereocenters. The van der Waals surface area contributed by atoms with Gasteiger partial charge in [0.2, 0.25) is 0 Å². The van der Waals surface area contributed by atoms with Crippen LogP contribution in [0.15, 0.2) is 0 Å². The lowest BCUT2D eigenvalue weighted by Gasteiger charge is -2.32. The summed E-state index contributed by atoms with van der Waals surface area (Å²) in [5, 5.41) is 17.4. The van der Waals surface area contributed by atoms with Crippen LogP contribution in [0.3, 0.4) is 0 Å². The van der Waals surface area contributed by atoms with E-state index >= 15 is 0 Å². The third-order valence-electron chi connectivity index (χ3n) is 4.11. The minimum Gasteiger partial charge on any atom is -0.481 e. The monoisotopic (exact) mass is 253 g/mol. The van der Waals surface area contributed by atoms with Crippen molar-refractivity contribution in [1.29, 1.82) is 5.26 Å². The van der Waals surface area contributed by atoms with E-state index in [4.69, 9.17) is 10.4 Å². The lowest BCUT2D eigenvalue weighted by molar-refractivity contribution is -0.137. The van der Waals surface area contributed by atoms with Gasteiger partial charge in [-0.15, -0.1) is 0 Å². The molecule has 0 radical (unpaired) electrons. The number of rotatable bonds is 9. The molecule has 0 saturated carbocycles. The van der Waals surface area contributed by atoms with Crippen LogP contribution in [0.2, 0.25) is 0 Å². The maximum absolute atomic E-state index is 10.7. The van der Waals surface area contributed by atoms with Gasteiger partial charge in [0.15, 0.2) is 0 Å². The van der Waals surface area contributed by atoms with Crippen LogP contribution in [0.25, 0.3) is 0 Å². The van der Waals surface area contributed by atoms with E-state index in [9.17, 15) is 4.79 Å². The van der Waals surface area contributed by atoms with Crippen LogP contribution in [-0.2, 0) is 4.79 Å². The Morgan fingerprint density at radius 3 is 2.22 bits per heavy atom. The lowest BCUT2D eigenvalue weighted by Crippen LogP contribution is -2.21. The molecular weight excluding hydrogens is 226 g/mol. The number of carboxylic acid groups (broad SMARTS) is 1. The highest BCUT2D eigenvalue weighted by molar-refractivity contribution is 5.66. The van der Waals surface area contributed by atoms with E-state index < -0.39 is 5.97 Å². The van der Waals surface area contributed by atoms with Crippen LogP contribution in [0.4, 0.5) is 0 Å². The van der Waals surface area contributed by atoms with E-state index in [1.807, 2.05) is 0 Å². The molecule has 1 atom stereocenters. The predicted octanol–water partition coefficient (Wildman–Crippen LogP) is 4.38. The van der Waals surface area contributed by atoms with Crippen molar-refractivity contribution in [3.05, 3.63) is 0 Å². The number of aliphatic carboxylic acids is 1. The lowest BCUT2D eigenvalue weighted by atomic mass is 9.73. The third-order valence-corrected chi connectivity index (χ3v) is 4.11. The molecule has 0 rings (SSSR count). The summed E-state index contributed by atoms with van der Waals surface area (Å²) in [7, 11) is 0. The number of nitrogens with zero attached hydrogens (tertiary/aromatic N) is 1. The van der Waals surface area contributed by atoms with Crippen LogP contribution >= 0.6 is 0 Å². The van der Waals surface area contributed by atoms with Gasteiger partial charge in [-0.3, -0.25) is 4.79 Å². The Balaban J connectivity index is 4.27. The SMILES string of the molecule is CCC(C)(CCC(=O)O)CCC(C)(C)CCC#N. The molecule has 0 aromatic rings. The van der Waals surface area contributed by atoms with Crippen LogP contribution in [0, 0.1) is 22.2 Å². The van der Waals surface area contributed by atoms with E-state index in [-0.39, 0.29) is 17.3 Å². The van der Waals surface area contributed by atoms with Crippen molar-refractivity contribution in [2.45, 2.75) is 72.6 Å². The predicted molar refractivity (Wildman–Crippen MR) is 73.1 cm³/mol. The fraction of sp³-hybridized carbons (Fsp3) is 0.867. The minimum absolute atomic E-state index is 0.113. The summed E-state index contributed by atoms with van der Waals surface area (Å²) in [5.41, 5.74) is 0.289. The molecule has 3 nitrogen and oxygen atoms in total. The van der Waals surface area contributed by atoms with Crippen molar-refractivity contribution >= 4 is 5.97 Å². The number of nitriles is 1. The van der Waals surface area contributed by atoms with Gasteiger partial charge in [-0.05, 0) is 36.5 Å². The van der Waals surface area contributed by atoms with Crippen molar-refractivity contribution in [3.8, 4) is 6.07 Å². The van der Waals surface area contributed by atoms with Crippen molar-refractivity contribution in [1.82, 2.24) is 0 Å². The second kappa shape index (κ2) is 7.41. The number of hydrogen-bond donors (Lipinski definition) is 1. The van der Waals surface area contributed by atoms with E-state index in [0.29, 0.717) is 6.42 Å². The molecule has 0 aliphatic carbocycles. The topological polar surface area (TPSA) is 61.1 Å². The molecule has 0 aliphatic heterocycles. The van der Waals surface area contributed by atoms with Gasteiger partial charge in [0.05, 0.1) is 6.07 Å². The van der Waals surface area contributed by atoms with Crippen LogP contribution in [0.5, 0.6) is 0 Å². The van der Waals surface area contributed by atoms with Crippen molar-refractivity contribution < 1.29 is 9.90 Å². The van der Waals surface area contributed by atoms with Gasteiger partial charge >= 0.3 is 5.97 Å². The van der Waals surface area contributed by atoms with Gasteiger partial charge in [-0.2, -0.15) is 5.26 Å². The summed E-state index contributed by atoms with van der Waals surface area (Å²) < 4.78 is 0. The van der Waals surface area contributed by atoms with Gasteiger partial charge in [0, 0.05) is 12.8 Å². The highest BCUT2D eigenvalue weighted by Gasteiger charge is 2.27. The number of hydrogen-bond acceptors (Lipinski definition) is 2. The van der Waals surface area contributed by atoms with Gasteiger partial charge in [0.25, 0.3) is 0 Å². The summed E-state index contributed by atoms with van der Waals surface area (Å²) in [4.78, 5) is 10.7.